The first-order chi connectivity index (χ1) is 8.26. The van der Waals surface area contributed by atoms with E-state index < -0.39 is 0 Å². The van der Waals surface area contributed by atoms with E-state index in [9.17, 15) is 0 Å². The van der Waals surface area contributed by atoms with Crippen LogP contribution in [-0.4, -0.2) is 24.9 Å². The average Bonchev–Trinajstić information content (AvgIpc) is 2.40. The van der Waals surface area contributed by atoms with Gasteiger partial charge in [-0.2, -0.15) is 0 Å². The highest BCUT2D eigenvalue weighted by atomic mass is 15.2. The second-order valence-electron chi connectivity index (χ2n) is 5.21. The van der Waals surface area contributed by atoms with Crippen LogP contribution >= 0.6 is 0 Å². The third-order valence-electron chi connectivity index (χ3n) is 3.55. The van der Waals surface area contributed by atoms with Crippen LogP contribution < -0.4 is 22.1 Å². The molecule has 102 valence electrons. The van der Waals surface area contributed by atoms with E-state index in [-0.39, 0.29) is 6.17 Å². The van der Waals surface area contributed by atoms with Gasteiger partial charge in [-0.05, 0) is 19.3 Å². The fourth-order valence-electron chi connectivity index (χ4n) is 2.46. The maximum atomic E-state index is 6.07. The van der Waals surface area contributed by atoms with Crippen molar-refractivity contribution in [2.45, 2.75) is 76.7 Å². The number of nitrogens with two attached hydrogens (primary N) is 2. The van der Waals surface area contributed by atoms with Crippen LogP contribution in [0.5, 0.6) is 0 Å². The number of unbranched alkanes of at least 4 members (excludes halogenated alkanes) is 2. The summed E-state index contributed by atoms with van der Waals surface area (Å²) >= 11 is 0. The van der Waals surface area contributed by atoms with Gasteiger partial charge in [0.2, 0.25) is 0 Å². The van der Waals surface area contributed by atoms with E-state index in [4.69, 9.17) is 11.5 Å². The van der Waals surface area contributed by atoms with Gasteiger partial charge in [0.25, 0.3) is 0 Å². The molecule has 0 spiro atoms. The van der Waals surface area contributed by atoms with Crippen LogP contribution in [0.3, 0.4) is 0 Å². The van der Waals surface area contributed by atoms with Gasteiger partial charge in [-0.1, -0.05) is 39.0 Å². The minimum atomic E-state index is 0.130. The van der Waals surface area contributed by atoms with Crippen molar-refractivity contribution in [3.05, 3.63) is 0 Å². The average molecular weight is 242 g/mol. The maximum Gasteiger partial charge on any atom is 0.0586 e. The summed E-state index contributed by atoms with van der Waals surface area (Å²) < 4.78 is 0. The minimum Gasteiger partial charge on any atom is -0.329 e. The Balaban J connectivity index is 2.42. The molecule has 0 aromatic rings. The fourth-order valence-corrected chi connectivity index (χ4v) is 2.46. The molecule has 1 fully saturated rings. The summed E-state index contributed by atoms with van der Waals surface area (Å²) in [5.74, 6) is 0. The Kier molecular flexibility index (Phi) is 7.77. The summed E-state index contributed by atoms with van der Waals surface area (Å²) in [6.45, 7) is 2.96. The number of hydrogen-bond acceptors (Lipinski definition) is 4. The molecule has 3 atom stereocenters. The zero-order chi connectivity index (χ0) is 12.5. The molecule has 0 aliphatic carbocycles. The molecule has 1 aliphatic rings. The van der Waals surface area contributed by atoms with Crippen molar-refractivity contribution in [2.24, 2.45) is 11.5 Å². The van der Waals surface area contributed by atoms with Crippen LogP contribution in [0.2, 0.25) is 0 Å². The monoisotopic (exact) mass is 242 g/mol. The first kappa shape index (κ1) is 14.9. The highest BCUT2D eigenvalue weighted by Gasteiger charge is 2.18. The number of nitrogens with one attached hydrogen (secondary N) is 2. The molecule has 1 saturated heterocycles. The van der Waals surface area contributed by atoms with Gasteiger partial charge in [0.1, 0.15) is 0 Å². The molecule has 17 heavy (non-hydrogen) atoms. The summed E-state index contributed by atoms with van der Waals surface area (Å²) in [5.41, 5.74) is 11.9. The highest BCUT2D eigenvalue weighted by molar-refractivity contribution is 4.78. The van der Waals surface area contributed by atoms with E-state index in [1.165, 1.54) is 38.5 Å². The lowest BCUT2D eigenvalue weighted by atomic mass is 10.1. The zero-order valence-electron chi connectivity index (χ0n) is 11.3. The van der Waals surface area contributed by atoms with Gasteiger partial charge in [0.15, 0.2) is 0 Å². The van der Waals surface area contributed by atoms with E-state index in [1.807, 2.05) is 0 Å². The molecule has 4 heteroatoms. The molecule has 1 rings (SSSR count). The number of hydrogen-bond donors (Lipinski definition) is 4. The van der Waals surface area contributed by atoms with Crippen molar-refractivity contribution in [3.8, 4) is 0 Å². The molecule has 0 saturated carbocycles. The van der Waals surface area contributed by atoms with Crippen molar-refractivity contribution < 1.29 is 0 Å². The van der Waals surface area contributed by atoms with E-state index in [0.29, 0.717) is 12.2 Å². The standard InChI is InChI=1S/C13H30N4/c1-2-3-4-9-13-16-11(10-14)7-5-6-8-12(15)17-13/h11-13,16-17H,2-10,14-15H2,1H3. The maximum absolute atomic E-state index is 6.07. The van der Waals surface area contributed by atoms with E-state index in [0.717, 1.165) is 19.4 Å². The molecule has 0 aromatic carbocycles. The Morgan fingerprint density at radius 1 is 1.12 bits per heavy atom. The summed E-state index contributed by atoms with van der Waals surface area (Å²) in [5, 5.41) is 7.11. The van der Waals surface area contributed by atoms with Crippen LogP contribution in [-0.2, 0) is 0 Å². The molecular formula is C13H30N4. The van der Waals surface area contributed by atoms with Crippen LogP contribution in [0.15, 0.2) is 0 Å². The van der Waals surface area contributed by atoms with Crippen LogP contribution in [0.1, 0.15) is 58.3 Å². The lowest BCUT2D eigenvalue weighted by Crippen LogP contribution is -2.54. The molecule has 1 aliphatic heterocycles. The normalized spacial score (nSPS) is 31.6. The van der Waals surface area contributed by atoms with Crippen LogP contribution in [0.25, 0.3) is 0 Å². The van der Waals surface area contributed by atoms with Crippen molar-refractivity contribution in [3.63, 3.8) is 0 Å². The lowest BCUT2D eigenvalue weighted by molar-refractivity contribution is 0.315. The van der Waals surface area contributed by atoms with Gasteiger partial charge in [0, 0.05) is 12.6 Å². The van der Waals surface area contributed by atoms with Crippen molar-refractivity contribution in [2.75, 3.05) is 6.54 Å². The fraction of sp³-hybridized carbons (Fsp3) is 1.00. The molecule has 1 heterocycles. The third-order valence-corrected chi connectivity index (χ3v) is 3.55. The Morgan fingerprint density at radius 2 is 1.88 bits per heavy atom. The molecule has 3 unspecified atom stereocenters. The third kappa shape index (κ3) is 6.36. The first-order valence-corrected chi connectivity index (χ1v) is 7.24. The lowest BCUT2D eigenvalue weighted by Gasteiger charge is -2.27. The van der Waals surface area contributed by atoms with Crippen molar-refractivity contribution in [1.29, 1.82) is 0 Å². The largest absolute Gasteiger partial charge is 0.329 e. The topological polar surface area (TPSA) is 76.1 Å². The Morgan fingerprint density at radius 3 is 2.59 bits per heavy atom. The van der Waals surface area contributed by atoms with Crippen LogP contribution in [0.4, 0.5) is 0 Å². The molecule has 0 bridgehead atoms. The van der Waals surface area contributed by atoms with E-state index in [1.54, 1.807) is 0 Å². The summed E-state index contributed by atoms with van der Waals surface area (Å²) in [6.07, 6.45) is 10.1. The summed E-state index contributed by atoms with van der Waals surface area (Å²) in [6, 6.07) is 0.444. The minimum absolute atomic E-state index is 0.130. The second kappa shape index (κ2) is 8.86. The Bertz CT molecular complexity index is 186. The Labute approximate surface area is 106 Å². The van der Waals surface area contributed by atoms with Crippen molar-refractivity contribution >= 4 is 0 Å². The number of rotatable bonds is 5. The highest BCUT2D eigenvalue weighted by Crippen LogP contribution is 2.10. The van der Waals surface area contributed by atoms with Crippen molar-refractivity contribution in [1.82, 2.24) is 10.6 Å². The van der Waals surface area contributed by atoms with Gasteiger partial charge in [-0.3, -0.25) is 10.6 Å². The van der Waals surface area contributed by atoms with Gasteiger partial charge in [0.05, 0.1) is 12.3 Å². The molecule has 0 aromatic heterocycles. The predicted octanol–water partition coefficient (Wildman–Crippen LogP) is 1.26. The predicted molar refractivity (Wildman–Crippen MR) is 73.5 cm³/mol. The van der Waals surface area contributed by atoms with Crippen LogP contribution in [0, 0.1) is 0 Å². The molecule has 4 nitrogen and oxygen atoms in total. The first-order valence-electron chi connectivity index (χ1n) is 7.24. The summed E-state index contributed by atoms with van der Waals surface area (Å²) in [7, 11) is 0. The molecule has 6 N–H and O–H groups in total. The SMILES string of the molecule is CCCCCC1NC(N)CCCCC(CN)N1. The van der Waals surface area contributed by atoms with Gasteiger partial charge in [-0.15, -0.1) is 0 Å². The summed E-state index contributed by atoms with van der Waals surface area (Å²) in [4.78, 5) is 0. The van der Waals surface area contributed by atoms with E-state index in [2.05, 4.69) is 17.6 Å². The van der Waals surface area contributed by atoms with E-state index >= 15 is 0 Å². The molecule has 0 amide bonds. The van der Waals surface area contributed by atoms with Gasteiger partial charge in [-0.25, -0.2) is 0 Å². The Hall–Kier alpha value is -0.160. The zero-order valence-corrected chi connectivity index (χ0v) is 11.3. The second-order valence-corrected chi connectivity index (χ2v) is 5.21. The quantitative estimate of drug-likeness (QED) is 0.548. The molecular weight excluding hydrogens is 212 g/mol. The smallest absolute Gasteiger partial charge is 0.0586 e. The molecule has 0 radical (unpaired) electrons. The van der Waals surface area contributed by atoms with Gasteiger partial charge >= 0.3 is 0 Å². The van der Waals surface area contributed by atoms with Gasteiger partial charge < -0.3 is 11.5 Å².